The molecule has 0 atom stereocenters. The minimum Gasteiger partial charge on any atom is -0.457 e. The second kappa shape index (κ2) is 5.96. The molecule has 2 aromatic rings. The molecule has 0 saturated heterocycles. The molecule has 0 fully saturated rings. The Morgan fingerprint density at radius 2 is 1.91 bits per heavy atom. The molecule has 0 aliphatic carbocycles. The Hall–Kier alpha value is -2.09. The molecule has 6 nitrogen and oxygen atoms in total. The highest BCUT2D eigenvalue weighted by Gasteiger charge is 2.22. The van der Waals surface area contributed by atoms with Gasteiger partial charge in [-0.2, -0.15) is 0 Å². The summed E-state index contributed by atoms with van der Waals surface area (Å²) < 4.78 is 32.5. The zero-order chi connectivity index (χ0) is 15.6. The van der Waals surface area contributed by atoms with Gasteiger partial charge in [-0.3, -0.25) is 0 Å². The number of hydrogen-bond acceptors (Lipinski definition) is 5. The molecule has 1 aliphatic heterocycles. The Morgan fingerprint density at radius 3 is 2.73 bits per heavy atom. The van der Waals surface area contributed by atoms with Gasteiger partial charge in [-0.15, -0.1) is 0 Å². The monoisotopic (exact) mass is 320 g/mol. The summed E-state index contributed by atoms with van der Waals surface area (Å²) in [5.74, 6) is 0.960. The molecule has 0 amide bonds. The molecule has 116 valence electrons. The number of benzene rings is 2. The van der Waals surface area contributed by atoms with Gasteiger partial charge in [-0.05, 0) is 29.8 Å². The van der Waals surface area contributed by atoms with Crippen LogP contribution in [0.15, 0.2) is 47.4 Å². The van der Waals surface area contributed by atoms with Crippen molar-refractivity contribution in [3.8, 4) is 11.5 Å². The van der Waals surface area contributed by atoms with Crippen molar-refractivity contribution in [3.63, 3.8) is 0 Å². The molecule has 0 bridgehead atoms. The van der Waals surface area contributed by atoms with Crippen LogP contribution in [-0.4, -0.2) is 26.6 Å². The van der Waals surface area contributed by atoms with Gasteiger partial charge in [0, 0.05) is 19.2 Å². The molecule has 0 saturated carbocycles. The maximum Gasteiger partial charge on any atom is 0.242 e. The van der Waals surface area contributed by atoms with Crippen molar-refractivity contribution in [3.05, 3.63) is 48.0 Å². The molecule has 3 N–H and O–H groups in total. The molecule has 1 aliphatic rings. The van der Waals surface area contributed by atoms with Gasteiger partial charge in [0.2, 0.25) is 10.0 Å². The van der Waals surface area contributed by atoms with Gasteiger partial charge in [0.25, 0.3) is 0 Å². The van der Waals surface area contributed by atoms with Crippen LogP contribution in [-0.2, 0) is 16.6 Å². The molecule has 1 heterocycles. The lowest BCUT2D eigenvalue weighted by Gasteiger charge is -2.11. The summed E-state index contributed by atoms with van der Waals surface area (Å²) in [4.78, 5) is 0.167. The Labute approximate surface area is 128 Å². The van der Waals surface area contributed by atoms with Crippen LogP contribution < -0.4 is 14.8 Å². The van der Waals surface area contributed by atoms with Crippen molar-refractivity contribution in [2.24, 2.45) is 0 Å². The largest absolute Gasteiger partial charge is 0.457 e. The van der Waals surface area contributed by atoms with Crippen LogP contribution in [0.25, 0.3) is 0 Å². The van der Waals surface area contributed by atoms with Crippen LogP contribution >= 0.6 is 0 Å². The maximum atomic E-state index is 12.2. The van der Waals surface area contributed by atoms with Crippen molar-refractivity contribution in [2.75, 3.05) is 18.4 Å². The van der Waals surface area contributed by atoms with Gasteiger partial charge in [0.15, 0.2) is 0 Å². The van der Waals surface area contributed by atoms with Crippen LogP contribution in [0.1, 0.15) is 5.56 Å². The normalized spacial score (nSPS) is 16.2. The number of aliphatic hydroxyl groups is 1. The average molecular weight is 320 g/mol. The topological polar surface area (TPSA) is 87.7 Å². The first-order valence-corrected chi connectivity index (χ1v) is 8.32. The van der Waals surface area contributed by atoms with E-state index in [1.54, 1.807) is 36.4 Å². The van der Waals surface area contributed by atoms with E-state index in [0.29, 0.717) is 30.3 Å². The zero-order valence-corrected chi connectivity index (χ0v) is 12.6. The lowest BCUT2D eigenvalue weighted by atomic mass is 10.2. The van der Waals surface area contributed by atoms with Gasteiger partial charge in [0.05, 0.1) is 12.3 Å². The van der Waals surface area contributed by atoms with Crippen LogP contribution in [0.4, 0.5) is 5.69 Å². The Bertz CT molecular complexity index is 790. The van der Waals surface area contributed by atoms with E-state index in [4.69, 9.17) is 9.84 Å². The number of nitrogens with one attached hydrogen (secondary N) is 2. The molecule has 0 spiro atoms. The van der Waals surface area contributed by atoms with Gasteiger partial charge >= 0.3 is 0 Å². The number of fused-ring (bicyclic) bond motifs is 1. The van der Waals surface area contributed by atoms with Crippen molar-refractivity contribution in [1.82, 2.24) is 4.72 Å². The van der Waals surface area contributed by atoms with Crippen LogP contribution in [0, 0.1) is 0 Å². The summed E-state index contributed by atoms with van der Waals surface area (Å²) in [7, 11) is -3.54. The van der Waals surface area contributed by atoms with Gasteiger partial charge < -0.3 is 15.2 Å². The highest BCUT2D eigenvalue weighted by Crippen LogP contribution is 2.30. The third-order valence-corrected chi connectivity index (χ3v) is 4.79. The lowest BCUT2D eigenvalue weighted by molar-refractivity contribution is 0.281. The molecule has 7 heteroatoms. The first kappa shape index (κ1) is 14.8. The first-order chi connectivity index (χ1) is 10.6. The molecule has 2 aromatic carbocycles. The number of aliphatic hydroxyl groups excluding tert-OH is 1. The third kappa shape index (κ3) is 3.06. The molecule has 22 heavy (non-hydrogen) atoms. The molecule has 0 radical (unpaired) electrons. The summed E-state index contributed by atoms with van der Waals surface area (Å²) >= 11 is 0. The SMILES string of the molecule is O=S1(=O)NCCNc2ccc(Oc3cccc(CO)c3)cc21. The van der Waals surface area contributed by atoms with Crippen molar-refractivity contribution >= 4 is 15.7 Å². The predicted octanol–water partition coefficient (Wildman–Crippen LogP) is 1.67. The number of anilines is 1. The summed E-state index contributed by atoms with van der Waals surface area (Å²) in [5.41, 5.74) is 1.28. The fourth-order valence-electron chi connectivity index (χ4n) is 2.24. The van der Waals surface area contributed by atoms with E-state index in [1.807, 2.05) is 0 Å². The zero-order valence-electron chi connectivity index (χ0n) is 11.7. The number of sulfonamides is 1. The Morgan fingerprint density at radius 1 is 1.09 bits per heavy atom. The summed E-state index contributed by atoms with van der Waals surface area (Å²) in [6.07, 6.45) is 0. The minimum absolute atomic E-state index is 0.0798. The van der Waals surface area contributed by atoms with Crippen LogP contribution in [0.3, 0.4) is 0 Å². The van der Waals surface area contributed by atoms with Crippen molar-refractivity contribution in [1.29, 1.82) is 0 Å². The van der Waals surface area contributed by atoms with Gasteiger partial charge in [-0.1, -0.05) is 12.1 Å². The van der Waals surface area contributed by atoms with Crippen molar-refractivity contribution in [2.45, 2.75) is 11.5 Å². The van der Waals surface area contributed by atoms with E-state index in [2.05, 4.69) is 10.0 Å². The standard InChI is InChI=1S/C15H16N2O4S/c18-10-11-2-1-3-12(8-11)21-13-4-5-14-15(9-13)22(19,20)17-7-6-16-14/h1-5,8-9,16-18H,6-7,10H2. The van der Waals surface area contributed by atoms with Gasteiger partial charge in [-0.25, -0.2) is 13.1 Å². The maximum absolute atomic E-state index is 12.2. The summed E-state index contributed by atoms with van der Waals surface area (Å²) in [6, 6.07) is 11.9. The molecule has 0 aromatic heterocycles. The minimum atomic E-state index is -3.54. The number of rotatable bonds is 3. The lowest BCUT2D eigenvalue weighted by Crippen LogP contribution is -2.25. The molecular weight excluding hydrogens is 304 g/mol. The fraction of sp³-hybridized carbons (Fsp3) is 0.200. The second-order valence-electron chi connectivity index (χ2n) is 4.89. The first-order valence-electron chi connectivity index (χ1n) is 6.84. The van der Waals surface area contributed by atoms with Crippen LogP contribution in [0.2, 0.25) is 0 Å². The van der Waals surface area contributed by atoms with E-state index in [1.165, 1.54) is 6.07 Å². The quantitative estimate of drug-likeness (QED) is 0.801. The fourth-order valence-corrected chi connectivity index (χ4v) is 3.47. The number of hydrogen-bond donors (Lipinski definition) is 3. The van der Waals surface area contributed by atoms with E-state index >= 15 is 0 Å². The predicted molar refractivity (Wildman–Crippen MR) is 82.6 cm³/mol. The average Bonchev–Trinajstić information content (AvgIpc) is 2.66. The second-order valence-corrected chi connectivity index (χ2v) is 6.63. The Balaban J connectivity index is 1.94. The molecule has 0 unspecified atom stereocenters. The summed E-state index contributed by atoms with van der Waals surface area (Å²) in [6.45, 7) is 0.792. The highest BCUT2D eigenvalue weighted by atomic mass is 32.2. The number of ether oxygens (including phenoxy) is 1. The third-order valence-electron chi connectivity index (χ3n) is 3.29. The highest BCUT2D eigenvalue weighted by molar-refractivity contribution is 7.89. The molecular formula is C15H16N2O4S. The smallest absolute Gasteiger partial charge is 0.242 e. The van der Waals surface area contributed by atoms with E-state index < -0.39 is 10.0 Å². The van der Waals surface area contributed by atoms with E-state index in [-0.39, 0.29) is 11.5 Å². The van der Waals surface area contributed by atoms with Crippen LogP contribution in [0.5, 0.6) is 11.5 Å². The Kier molecular flexibility index (Phi) is 4.02. The summed E-state index contributed by atoms with van der Waals surface area (Å²) in [5, 5.41) is 12.2. The molecule has 3 rings (SSSR count). The van der Waals surface area contributed by atoms with E-state index in [9.17, 15) is 8.42 Å². The van der Waals surface area contributed by atoms with Gasteiger partial charge in [0.1, 0.15) is 16.4 Å². The van der Waals surface area contributed by atoms with E-state index in [0.717, 1.165) is 5.56 Å². The van der Waals surface area contributed by atoms with Crippen molar-refractivity contribution < 1.29 is 18.3 Å².